The molecule has 0 aliphatic carbocycles. The fourth-order valence-corrected chi connectivity index (χ4v) is 3.74. The molecule has 0 bridgehead atoms. The molecule has 1 aliphatic heterocycles. The van der Waals surface area contributed by atoms with Gasteiger partial charge in [0.25, 0.3) is 0 Å². The lowest BCUT2D eigenvalue weighted by molar-refractivity contribution is 0.661. The van der Waals surface area contributed by atoms with Crippen molar-refractivity contribution >= 4 is 35.0 Å². The van der Waals surface area contributed by atoms with Crippen molar-refractivity contribution in [3.63, 3.8) is 0 Å². The SMILES string of the molecule is CCc1c(Cl)nc(C2CCCCS2)nc1Cl. The molecule has 0 amide bonds. The first-order valence-electron chi connectivity index (χ1n) is 5.55. The number of halogens is 2. The Balaban J connectivity index is 2.28. The van der Waals surface area contributed by atoms with Crippen molar-refractivity contribution in [3.8, 4) is 0 Å². The average molecular weight is 277 g/mol. The van der Waals surface area contributed by atoms with Gasteiger partial charge >= 0.3 is 0 Å². The summed E-state index contributed by atoms with van der Waals surface area (Å²) in [6, 6.07) is 0. The highest BCUT2D eigenvalue weighted by molar-refractivity contribution is 7.99. The van der Waals surface area contributed by atoms with Gasteiger partial charge in [0.2, 0.25) is 0 Å². The normalized spacial score (nSPS) is 21.1. The Hall–Kier alpha value is 0.01000. The van der Waals surface area contributed by atoms with Crippen LogP contribution in [0.1, 0.15) is 42.8 Å². The molecule has 0 saturated carbocycles. The van der Waals surface area contributed by atoms with Crippen molar-refractivity contribution < 1.29 is 0 Å². The zero-order valence-electron chi connectivity index (χ0n) is 9.17. The number of aromatic nitrogens is 2. The summed E-state index contributed by atoms with van der Waals surface area (Å²) in [5.74, 6) is 1.98. The number of hydrogen-bond donors (Lipinski definition) is 0. The summed E-state index contributed by atoms with van der Waals surface area (Å²) in [5.41, 5.74) is 0.855. The third-order valence-corrected chi connectivity index (χ3v) is 4.74. The molecule has 0 radical (unpaired) electrons. The molecule has 1 aromatic heterocycles. The first kappa shape index (κ1) is 12.5. The van der Waals surface area contributed by atoms with Gasteiger partial charge in [0.15, 0.2) is 0 Å². The lowest BCUT2D eigenvalue weighted by atomic mass is 10.2. The molecular weight excluding hydrogens is 263 g/mol. The molecule has 1 aromatic rings. The van der Waals surface area contributed by atoms with Crippen LogP contribution >= 0.6 is 35.0 Å². The lowest BCUT2D eigenvalue weighted by Gasteiger charge is -2.20. The van der Waals surface area contributed by atoms with E-state index in [9.17, 15) is 0 Å². The Kier molecular flexibility index (Phi) is 4.34. The molecule has 1 saturated heterocycles. The van der Waals surface area contributed by atoms with Crippen molar-refractivity contribution in [1.29, 1.82) is 0 Å². The summed E-state index contributed by atoms with van der Waals surface area (Å²) < 4.78 is 0. The fourth-order valence-electron chi connectivity index (χ4n) is 1.83. The molecule has 0 N–H and O–H groups in total. The molecule has 1 aliphatic rings. The molecule has 0 aromatic carbocycles. The standard InChI is InChI=1S/C11H14Cl2N2S/c1-2-7-9(12)14-11(15-10(7)13)8-5-3-4-6-16-8/h8H,2-6H2,1H3. The minimum absolute atomic E-state index is 0.370. The minimum atomic E-state index is 0.370. The van der Waals surface area contributed by atoms with Crippen molar-refractivity contribution in [1.82, 2.24) is 9.97 Å². The predicted octanol–water partition coefficient (Wildman–Crippen LogP) is 4.30. The van der Waals surface area contributed by atoms with Gasteiger partial charge in [-0.1, -0.05) is 36.5 Å². The van der Waals surface area contributed by atoms with Crippen LogP contribution in [0, 0.1) is 0 Å². The van der Waals surface area contributed by atoms with Gasteiger partial charge in [-0.05, 0) is 25.0 Å². The van der Waals surface area contributed by atoms with E-state index in [0.717, 1.165) is 24.2 Å². The summed E-state index contributed by atoms with van der Waals surface area (Å²) >= 11 is 14.1. The molecule has 1 atom stereocenters. The number of thioether (sulfide) groups is 1. The Morgan fingerprint density at radius 2 is 1.94 bits per heavy atom. The van der Waals surface area contributed by atoms with Crippen molar-refractivity contribution in [3.05, 3.63) is 21.7 Å². The van der Waals surface area contributed by atoms with Crippen LogP contribution in [0.3, 0.4) is 0 Å². The maximum absolute atomic E-state index is 6.11. The minimum Gasteiger partial charge on any atom is -0.220 e. The van der Waals surface area contributed by atoms with E-state index in [1.807, 2.05) is 18.7 Å². The van der Waals surface area contributed by atoms with Crippen LogP contribution in [-0.2, 0) is 6.42 Å². The highest BCUT2D eigenvalue weighted by atomic mass is 35.5. The summed E-state index contributed by atoms with van der Waals surface area (Å²) in [6.07, 6.45) is 4.43. The zero-order valence-corrected chi connectivity index (χ0v) is 11.5. The molecular formula is C11H14Cl2N2S. The summed E-state index contributed by atoms with van der Waals surface area (Å²) in [7, 11) is 0. The smallest absolute Gasteiger partial charge is 0.144 e. The molecule has 1 fully saturated rings. The van der Waals surface area contributed by atoms with Crippen LogP contribution in [0.2, 0.25) is 10.3 Å². The Labute approximate surface area is 110 Å². The van der Waals surface area contributed by atoms with Crippen molar-refractivity contribution in [2.45, 2.75) is 37.9 Å². The van der Waals surface area contributed by atoms with Crippen molar-refractivity contribution in [2.75, 3.05) is 5.75 Å². The van der Waals surface area contributed by atoms with Gasteiger partial charge in [-0.25, -0.2) is 9.97 Å². The quantitative estimate of drug-likeness (QED) is 0.753. The third kappa shape index (κ3) is 2.63. The zero-order chi connectivity index (χ0) is 11.5. The van der Waals surface area contributed by atoms with E-state index >= 15 is 0 Å². The second kappa shape index (κ2) is 5.56. The molecule has 0 spiro atoms. The van der Waals surface area contributed by atoms with Crippen LogP contribution in [0.4, 0.5) is 0 Å². The number of rotatable bonds is 2. The number of nitrogens with zero attached hydrogens (tertiary/aromatic N) is 2. The first-order valence-corrected chi connectivity index (χ1v) is 7.36. The van der Waals surface area contributed by atoms with E-state index in [2.05, 4.69) is 9.97 Å². The van der Waals surface area contributed by atoms with Crippen molar-refractivity contribution in [2.24, 2.45) is 0 Å². The lowest BCUT2D eigenvalue weighted by Crippen LogP contribution is -2.08. The predicted molar refractivity (Wildman–Crippen MR) is 70.5 cm³/mol. The van der Waals surface area contributed by atoms with Gasteiger partial charge in [0, 0.05) is 5.56 Å². The van der Waals surface area contributed by atoms with Crippen LogP contribution in [0.15, 0.2) is 0 Å². The van der Waals surface area contributed by atoms with Gasteiger partial charge in [0.1, 0.15) is 16.1 Å². The molecule has 2 nitrogen and oxygen atoms in total. The second-order valence-corrected chi connectivity index (χ2v) is 5.88. The summed E-state index contributed by atoms with van der Waals surface area (Å²) in [6.45, 7) is 2.01. The van der Waals surface area contributed by atoms with Crippen LogP contribution < -0.4 is 0 Å². The maximum Gasteiger partial charge on any atom is 0.144 e. The maximum atomic E-state index is 6.11. The van der Waals surface area contributed by atoms with E-state index in [-0.39, 0.29) is 0 Å². The van der Waals surface area contributed by atoms with Crippen LogP contribution in [-0.4, -0.2) is 15.7 Å². The molecule has 5 heteroatoms. The van der Waals surface area contributed by atoms with Gasteiger partial charge in [-0.3, -0.25) is 0 Å². The Bertz CT molecular complexity index is 355. The highest BCUT2D eigenvalue weighted by Crippen LogP contribution is 2.37. The highest BCUT2D eigenvalue weighted by Gasteiger charge is 2.21. The van der Waals surface area contributed by atoms with Gasteiger partial charge in [-0.2, -0.15) is 11.8 Å². The monoisotopic (exact) mass is 276 g/mol. The van der Waals surface area contributed by atoms with E-state index < -0.39 is 0 Å². The average Bonchev–Trinajstić information content (AvgIpc) is 2.30. The Morgan fingerprint density at radius 1 is 1.25 bits per heavy atom. The fraction of sp³-hybridized carbons (Fsp3) is 0.636. The second-order valence-electron chi connectivity index (χ2n) is 3.85. The third-order valence-electron chi connectivity index (χ3n) is 2.74. The van der Waals surface area contributed by atoms with Gasteiger partial charge in [-0.15, -0.1) is 0 Å². The first-order chi connectivity index (χ1) is 7.72. The van der Waals surface area contributed by atoms with Gasteiger partial charge < -0.3 is 0 Å². The molecule has 88 valence electrons. The number of hydrogen-bond acceptors (Lipinski definition) is 3. The molecule has 1 unspecified atom stereocenters. The van der Waals surface area contributed by atoms with E-state index in [1.165, 1.54) is 18.6 Å². The van der Waals surface area contributed by atoms with Gasteiger partial charge in [0.05, 0.1) is 5.25 Å². The van der Waals surface area contributed by atoms with E-state index in [0.29, 0.717) is 15.6 Å². The molecule has 2 rings (SSSR count). The van der Waals surface area contributed by atoms with E-state index in [1.54, 1.807) is 0 Å². The van der Waals surface area contributed by atoms with Crippen LogP contribution in [0.5, 0.6) is 0 Å². The summed E-state index contributed by atoms with van der Waals surface area (Å²) in [4.78, 5) is 8.76. The Morgan fingerprint density at radius 3 is 2.44 bits per heavy atom. The van der Waals surface area contributed by atoms with E-state index in [4.69, 9.17) is 23.2 Å². The summed E-state index contributed by atoms with van der Waals surface area (Å²) in [5, 5.41) is 1.40. The topological polar surface area (TPSA) is 25.8 Å². The largest absolute Gasteiger partial charge is 0.220 e. The molecule has 16 heavy (non-hydrogen) atoms. The molecule has 2 heterocycles. The van der Waals surface area contributed by atoms with Crippen LogP contribution in [0.25, 0.3) is 0 Å².